The molecule has 0 heterocycles. The van der Waals surface area contributed by atoms with Crippen LogP contribution >= 0.6 is 8.46 Å². The second-order valence-electron chi connectivity index (χ2n) is 7.26. The van der Waals surface area contributed by atoms with Crippen molar-refractivity contribution in [2.75, 3.05) is 26.4 Å². The highest BCUT2D eigenvalue weighted by Crippen LogP contribution is 2.44. The Kier molecular flexibility index (Phi) is 8.63. The van der Waals surface area contributed by atoms with Crippen LogP contribution < -0.4 is 5.32 Å². The van der Waals surface area contributed by atoms with E-state index in [9.17, 15) is 19.3 Å². The lowest BCUT2D eigenvalue weighted by atomic mass is 9.98. The largest absolute Gasteiger partial charge is 0.480 e. The Morgan fingerprint density at radius 2 is 1.55 bits per heavy atom. The van der Waals surface area contributed by atoms with E-state index in [1.54, 1.807) is 13.8 Å². The number of rotatable bonds is 12. The first-order valence-corrected chi connectivity index (χ1v) is 11.7. The molecule has 0 fully saturated rings. The second-order valence-corrected chi connectivity index (χ2v) is 8.20. The van der Waals surface area contributed by atoms with Gasteiger partial charge in [0.2, 0.25) is 0 Å². The first kappa shape index (κ1) is 24.9. The van der Waals surface area contributed by atoms with E-state index in [-0.39, 0.29) is 25.7 Å². The number of hydrogen-bond donors (Lipinski definition) is 2. The zero-order chi connectivity index (χ0) is 23.8. The van der Waals surface area contributed by atoms with Crippen LogP contribution in [-0.4, -0.2) is 55.4 Å². The van der Waals surface area contributed by atoms with Crippen molar-refractivity contribution in [1.29, 1.82) is 0 Å². The highest BCUT2D eigenvalue weighted by Gasteiger charge is 2.35. The van der Waals surface area contributed by atoms with Crippen molar-refractivity contribution in [1.82, 2.24) is 5.32 Å². The molecule has 178 valence electrons. The summed E-state index contributed by atoms with van der Waals surface area (Å²) in [6, 6.07) is 14.3. The van der Waals surface area contributed by atoms with Gasteiger partial charge in [-0.2, -0.15) is 0 Å². The number of carboxylic acid groups (broad SMARTS) is 1. The van der Waals surface area contributed by atoms with Crippen molar-refractivity contribution in [3.63, 3.8) is 0 Å². The van der Waals surface area contributed by atoms with E-state index in [1.165, 1.54) is 0 Å². The molecule has 2 aromatic rings. The molecule has 0 radical (unpaired) electrons. The van der Waals surface area contributed by atoms with Crippen LogP contribution in [0.5, 0.6) is 0 Å². The predicted molar refractivity (Wildman–Crippen MR) is 122 cm³/mol. The number of carboxylic acids is 1. The van der Waals surface area contributed by atoms with E-state index in [0.717, 1.165) is 22.3 Å². The molecule has 9 nitrogen and oxygen atoms in total. The summed E-state index contributed by atoms with van der Waals surface area (Å²) in [5, 5.41) is 11.8. The minimum absolute atomic E-state index is 0.0413. The minimum Gasteiger partial charge on any atom is -0.480 e. The van der Waals surface area contributed by atoms with Crippen LogP contribution in [0.1, 0.15) is 30.9 Å². The number of carbonyl (C=O) groups is 2. The van der Waals surface area contributed by atoms with E-state index in [1.807, 2.05) is 48.5 Å². The van der Waals surface area contributed by atoms with E-state index in [0.29, 0.717) is 0 Å². The van der Waals surface area contributed by atoms with Gasteiger partial charge in [-0.05, 0) is 36.1 Å². The third-order valence-electron chi connectivity index (χ3n) is 5.22. The fraction of sp³-hybridized carbons (Fsp3) is 0.391. The number of hydrogen-bond acceptors (Lipinski definition) is 7. The molecule has 0 aromatic heterocycles. The van der Waals surface area contributed by atoms with Crippen molar-refractivity contribution < 1.29 is 38.2 Å². The minimum atomic E-state index is -1.83. The molecule has 2 unspecified atom stereocenters. The lowest BCUT2D eigenvalue weighted by Crippen LogP contribution is -2.47. The Balaban J connectivity index is 1.63. The van der Waals surface area contributed by atoms with Crippen LogP contribution in [0.3, 0.4) is 0 Å². The first-order valence-electron chi connectivity index (χ1n) is 10.7. The average molecular weight is 477 g/mol. The average Bonchev–Trinajstić information content (AvgIpc) is 3.14. The van der Waals surface area contributed by atoms with Gasteiger partial charge in [-0.1, -0.05) is 48.5 Å². The molecule has 0 spiro atoms. The van der Waals surface area contributed by atoms with E-state index < -0.39 is 38.9 Å². The van der Waals surface area contributed by atoms with Crippen molar-refractivity contribution in [3.05, 3.63) is 59.7 Å². The molecule has 0 saturated carbocycles. The van der Waals surface area contributed by atoms with Crippen molar-refractivity contribution in [2.45, 2.75) is 31.5 Å². The smallest absolute Gasteiger partial charge is 0.407 e. The van der Waals surface area contributed by atoms with E-state index in [2.05, 4.69) is 5.32 Å². The molecule has 2 aromatic carbocycles. The zero-order valence-corrected chi connectivity index (χ0v) is 19.6. The van der Waals surface area contributed by atoms with Crippen molar-refractivity contribution in [3.8, 4) is 11.1 Å². The fourth-order valence-corrected chi connectivity index (χ4v) is 4.42. The predicted octanol–water partition coefficient (Wildman–Crippen LogP) is 3.44. The Hall–Kier alpha value is -2.71. The van der Waals surface area contributed by atoms with Gasteiger partial charge in [-0.3, -0.25) is 0 Å². The number of nitrogens with one attached hydrogen (secondary N) is 1. The maximum absolute atomic E-state index is 12.4. The molecule has 0 aliphatic heterocycles. The Morgan fingerprint density at radius 3 is 2.03 bits per heavy atom. The zero-order valence-electron chi connectivity index (χ0n) is 18.5. The lowest BCUT2D eigenvalue weighted by Gasteiger charge is -2.29. The lowest BCUT2D eigenvalue weighted by molar-refractivity contribution is -0.319. The molecule has 0 saturated heterocycles. The number of carbonyl (C=O) groups excluding carboxylic acids is 1. The van der Waals surface area contributed by atoms with Crippen molar-refractivity contribution >= 4 is 20.5 Å². The van der Waals surface area contributed by atoms with Crippen LogP contribution in [0.25, 0.3) is 11.1 Å². The number of benzene rings is 2. The molecule has 33 heavy (non-hydrogen) atoms. The van der Waals surface area contributed by atoms with Crippen molar-refractivity contribution in [2.24, 2.45) is 0 Å². The molecular formula is C23H28NO8P. The summed E-state index contributed by atoms with van der Waals surface area (Å²) in [5.41, 5.74) is 2.42. The third-order valence-corrected chi connectivity index (χ3v) is 6.01. The molecule has 1 aliphatic carbocycles. The Morgan fingerprint density at radius 1 is 1.00 bits per heavy atom. The van der Waals surface area contributed by atoms with Crippen LogP contribution in [0.4, 0.5) is 4.79 Å². The van der Waals surface area contributed by atoms with Gasteiger partial charge >= 0.3 is 17.8 Å². The quantitative estimate of drug-likeness (QED) is 0.352. The van der Waals surface area contributed by atoms with Gasteiger partial charge in [0.1, 0.15) is 6.61 Å². The van der Waals surface area contributed by atoms with Crippen LogP contribution in [0.15, 0.2) is 48.5 Å². The topological polar surface area (TPSA) is 120 Å². The van der Waals surface area contributed by atoms with E-state index in [4.69, 9.17) is 18.9 Å². The van der Waals surface area contributed by atoms with Gasteiger partial charge in [0.15, 0.2) is 14.5 Å². The highest BCUT2D eigenvalue weighted by molar-refractivity contribution is 7.25. The molecule has 2 N–H and O–H groups in total. The molecule has 3 rings (SSSR count). The summed E-state index contributed by atoms with van der Waals surface area (Å²) < 4.78 is 33.0. The molecular weight excluding hydrogens is 449 g/mol. The maximum Gasteiger partial charge on any atom is 0.407 e. The maximum atomic E-state index is 12.4. The molecule has 0 bridgehead atoms. The molecule has 1 aliphatic rings. The van der Waals surface area contributed by atoms with E-state index >= 15 is 0 Å². The summed E-state index contributed by atoms with van der Waals surface area (Å²) in [6.07, 6.45) is -0.902. The van der Waals surface area contributed by atoms with Gasteiger partial charge in [-0.15, -0.1) is 0 Å². The number of alkyl carbamates (subject to hydrolysis) is 1. The number of ether oxygens (including phenoxy) is 4. The summed E-state index contributed by atoms with van der Waals surface area (Å²) in [4.78, 5) is 24.1. The Labute approximate surface area is 193 Å². The fourth-order valence-electron chi connectivity index (χ4n) is 3.79. The van der Waals surface area contributed by atoms with Crippen LogP contribution in [0, 0.1) is 0 Å². The van der Waals surface area contributed by atoms with Crippen LogP contribution in [0.2, 0.25) is 0 Å². The monoisotopic (exact) mass is 477 g/mol. The van der Waals surface area contributed by atoms with Gasteiger partial charge < -0.3 is 33.9 Å². The molecule has 10 heteroatoms. The molecule has 1 amide bonds. The highest BCUT2D eigenvalue weighted by atomic mass is 31.1. The normalized spacial score (nSPS) is 14.1. The third kappa shape index (κ3) is 5.81. The SMILES string of the molecule is CCOC(OCC)(OCC(NC(=O)OCC1c2ccccc2-c2ccccc21)C(=O)O)[PH2]=O. The van der Waals surface area contributed by atoms with Crippen LogP contribution in [-0.2, 0) is 28.3 Å². The summed E-state index contributed by atoms with van der Waals surface area (Å²) in [6.45, 7) is 3.14. The summed E-state index contributed by atoms with van der Waals surface area (Å²) in [5.74, 6) is -1.50. The number of aliphatic carboxylic acids is 1. The second kappa shape index (κ2) is 11.4. The molecule has 2 atom stereocenters. The van der Waals surface area contributed by atoms with Gasteiger partial charge in [-0.25, -0.2) is 9.59 Å². The van der Waals surface area contributed by atoms with Gasteiger partial charge in [0.05, 0.1) is 19.8 Å². The Bertz CT molecular complexity index is 946. The number of amides is 1. The summed E-state index contributed by atoms with van der Waals surface area (Å²) >= 11 is 0. The standard InChI is InChI=1S/C23H28NO8P/c1-3-30-23(33-28,31-4-2)32-14-20(21(25)26)24-22(27)29-13-19-17-11-7-5-9-15(17)16-10-6-8-12-18(16)19/h5-12,19-20H,3-4,13-14,33H2,1-2H3,(H,24,27)(H,25,26). The van der Waals surface area contributed by atoms with Gasteiger partial charge in [0, 0.05) is 5.92 Å². The van der Waals surface area contributed by atoms with Gasteiger partial charge in [0.25, 0.3) is 0 Å². The number of fused-ring (bicyclic) bond motifs is 3. The summed E-state index contributed by atoms with van der Waals surface area (Å²) in [7, 11) is -1.69. The first-order chi connectivity index (χ1) is 15.9.